The van der Waals surface area contributed by atoms with Gasteiger partial charge in [-0.25, -0.2) is 0 Å². The molecule has 0 N–H and O–H groups in total. The van der Waals surface area contributed by atoms with Crippen LogP contribution in [0.4, 0.5) is 0 Å². The van der Waals surface area contributed by atoms with E-state index in [2.05, 4.69) is 60.1 Å². The molecule has 94 valence electrons. The van der Waals surface area contributed by atoms with Crippen LogP contribution in [0.2, 0.25) is 0 Å². The van der Waals surface area contributed by atoms with Crippen LogP contribution in [0.15, 0.2) is 30.5 Å². The highest BCUT2D eigenvalue weighted by Crippen LogP contribution is 2.21. The Balaban J connectivity index is 2.10. The first-order valence-electron chi connectivity index (χ1n) is 6.31. The second-order valence-electron chi connectivity index (χ2n) is 4.78. The average Bonchev–Trinajstić information content (AvgIpc) is 2.67. The smallest absolute Gasteiger partial charge is 0.0622 e. The minimum Gasteiger partial charge on any atom is -0.350 e. The van der Waals surface area contributed by atoms with E-state index in [1.165, 1.54) is 16.5 Å². The number of nitrogens with zero attached hydrogens (tertiary/aromatic N) is 3. The quantitative estimate of drug-likeness (QED) is 0.754. The maximum Gasteiger partial charge on any atom is 0.0622 e. The lowest BCUT2D eigenvalue weighted by molar-refractivity contribution is 0.324. The third-order valence-corrected chi connectivity index (χ3v) is 3.25. The lowest BCUT2D eigenvalue weighted by Gasteiger charge is -2.15. The topological polar surface area (TPSA) is 32.0 Å². The van der Waals surface area contributed by atoms with E-state index in [0.29, 0.717) is 6.42 Å². The van der Waals surface area contributed by atoms with Gasteiger partial charge in [0.05, 0.1) is 6.07 Å². The van der Waals surface area contributed by atoms with Crippen molar-refractivity contribution < 1.29 is 0 Å². The number of benzene rings is 1. The molecule has 0 atom stereocenters. The van der Waals surface area contributed by atoms with Crippen molar-refractivity contribution in [3.05, 3.63) is 36.0 Å². The molecule has 1 aromatic carbocycles. The summed E-state index contributed by atoms with van der Waals surface area (Å²) >= 11 is 0. The van der Waals surface area contributed by atoms with Crippen molar-refractivity contribution in [3.8, 4) is 6.07 Å². The number of aromatic nitrogens is 1. The SMILES string of the molecule is CN(CCCC#N)Cc1cn(C)c2ccccc12. The molecule has 2 aromatic rings. The Hall–Kier alpha value is -1.79. The van der Waals surface area contributed by atoms with Gasteiger partial charge < -0.3 is 9.47 Å². The maximum atomic E-state index is 8.54. The summed E-state index contributed by atoms with van der Waals surface area (Å²) < 4.78 is 2.17. The van der Waals surface area contributed by atoms with Crippen LogP contribution in [0.1, 0.15) is 18.4 Å². The molecule has 1 aromatic heterocycles. The van der Waals surface area contributed by atoms with Gasteiger partial charge in [0.1, 0.15) is 0 Å². The van der Waals surface area contributed by atoms with Gasteiger partial charge in [0.2, 0.25) is 0 Å². The van der Waals surface area contributed by atoms with Gasteiger partial charge in [-0.1, -0.05) is 18.2 Å². The molecule has 18 heavy (non-hydrogen) atoms. The van der Waals surface area contributed by atoms with E-state index in [1.54, 1.807) is 0 Å². The highest BCUT2D eigenvalue weighted by Gasteiger charge is 2.07. The minimum atomic E-state index is 0.639. The minimum absolute atomic E-state index is 0.639. The second kappa shape index (κ2) is 5.70. The predicted octanol–water partition coefficient (Wildman–Crippen LogP) is 2.91. The Kier molecular flexibility index (Phi) is 4.01. The molecule has 0 aliphatic carbocycles. The van der Waals surface area contributed by atoms with Crippen molar-refractivity contribution in [2.24, 2.45) is 7.05 Å². The molecular formula is C15H19N3. The van der Waals surface area contributed by atoms with E-state index in [1.807, 2.05) is 0 Å². The van der Waals surface area contributed by atoms with E-state index in [9.17, 15) is 0 Å². The van der Waals surface area contributed by atoms with Gasteiger partial charge in [-0.3, -0.25) is 0 Å². The molecule has 3 nitrogen and oxygen atoms in total. The molecular weight excluding hydrogens is 222 g/mol. The van der Waals surface area contributed by atoms with Crippen LogP contribution in [0.25, 0.3) is 10.9 Å². The van der Waals surface area contributed by atoms with Crippen LogP contribution >= 0.6 is 0 Å². The van der Waals surface area contributed by atoms with Gasteiger partial charge in [0.15, 0.2) is 0 Å². The molecule has 0 spiro atoms. The fourth-order valence-corrected chi connectivity index (χ4v) is 2.35. The van der Waals surface area contributed by atoms with Crippen LogP contribution in [0.5, 0.6) is 0 Å². The number of nitriles is 1. The fourth-order valence-electron chi connectivity index (χ4n) is 2.35. The molecule has 0 aliphatic rings. The summed E-state index contributed by atoms with van der Waals surface area (Å²) in [4.78, 5) is 2.28. The Bertz CT molecular complexity index is 563. The summed E-state index contributed by atoms with van der Waals surface area (Å²) in [6.45, 7) is 1.91. The lowest BCUT2D eigenvalue weighted by Crippen LogP contribution is -2.18. The molecule has 0 aliphatic heterocycles. The lowest BCUT2D eigenvalue weighted by atomic mass is 10.1. The molecule has 3 heteroatoms. The summed E-state index contributed by atoms with van der Waals surface area (Å²) in [5, 5.41) is 9.87. The van der Waals surface area contributed by atoms with Crippen LogP contribution in [0, 0.1) is 11.3 Å². The van der Waals surface area contributed by atoms with E-state index in [4.69, 9.17) is 5.26 Å². The zero-order valence-electron chi connectivity index (χ0n) is 11.1. The van der Waals surface area contributed by atoms with E-state index in [0.717, 1.165) is 19.5 Å². The van der Waals surface area contributed by atoms with Crippen molar-refractivity contribution in [3.63, 3.8) is 0 Å². The fraction of sp³-hybridized carbons (Fsp3) is 0.400. The highest BCUT2D eigenvalue weighted by atomic mass is 15.1. The molecule has 0 saturated carbocycles. The van der Waals surface area contributed by atoms with Crippen LogP contribution in [0.3, 0.4) is 0 Å². The number of unbranched alkanes of at least 4 members (excludes halogenated alkanes) is 1. The Morgan fingerprint density at radius 1 is 1.33 bits per heavy atom. The molecule has 0 unspecified atom stereocenters. The average molecular weight is 241 g/mol. The number of hydrogen-bond acceptors (Lipinski definition) is 2. The summed E-state index contributed by atoms with van der Waals surface area (Å²) in [5.74, 6) is 0. The first-order chi connectivity index (χ1) is 8.72. The van der Waals surface area contributed by atoms with Crippen LogP contribution in [-0.4, -0.2) is 23.1 Å². The zero-order chi connectivity index (χ0) is 13.0. The second-order valence-corrected chi connectivity index (χ2v) is 4.78. The van der Waals surface area contributed by atoms with Crippen molar-refractivity contribution in [1.82, 2.24) is 9.47 Å². The first-order valence-corrected chi connectivity index (χ1v) is 6.31. The van der Waals surface area contributed by atoms with Crippen molar-refractivity contribution in [2.75, 3.05) is 13.6 Å². The van der Waals surface area contributed by atoms with Gasteiger partial charge in [-0.05, 0) is 31.6 Å². The Morgan fingerprint density at radius 3 is 2.89 bits per heavy atom. The van der Waals surface area contributed by atoms with Crippen molar-refractivity contribution in [2.45, 2.75) is 19.4 Å². The van der Waals surface area contributed by atoms with E-state index < -0.39 is 0 Å². The third kappa shape index (κ3) is 2.72. The summed E-state index contributed by atoms with van der Waals surface area (Å²) in [6, 6.07) is 10.7. The summed E-state index contributed by atoms with van der Waals surface area (Å²) in [5.41, 5.74) is 2.63. The third-order valence-electron chi connectivity index (χ3n) is 3.25. The van der Waals surface area contributed by atoms with E-state index in [-0.39, 0.29) is 0 Å². The van der Waals surface area contributed by atoms with Crippen LogP contribution < -0.4 is 0 Å². The Morgan fingerprint density at radius 2 is 2.11 bits per heavy atom. The largest absolute Gasteiger partial charge is 0.350 e. The van der Waals surface area contributed by atoms with Gasteiger partial charge in [-0.2, -0.15) is 5.26 Å². The monoisotopic (exact) mass is 241 g/mol. The number of aryl methyl sites for hydroxylation is 1. The first kappa shape index (κ1) is 12.7. The zero-order valence-corrected chi connectivity index (χ0v) is 11.1. The molecule has 1 heterocycles. The summed E-state index contributed by atoms with van der Waals surface area (Å²) in [6.07, 6.45) is 3.78. The van der Waals surface area contributed by atoms with E-state index >= 15 is 0 Å². The van der Waals surface area contributed by atoms with Crippen molar-refractivity contribution in [1.29, 1.82) is 5.26 Å². The van der Waals surface area contributed by atoms with Gasteiger partial charge in [0, 0.05) is 37.1 Å². The number of fused-ring (bicyclic) bond motifs is 1. The normalized spacial score (nSPS) is 11.0. The molecule has 0 fully saturated rings. The van der Waals surface area contributed by atoms with Gasteiger partial charge in [-0.15, -0.1) is 0 Å². The Labute approximate surface area is 108 Å². The highest BCUT2D eigenvalue weighted by molar-refractivity contribution is 5.83. The summed E-state index contributed by atoms with van der Waals surface area (Å²) in [7, 11) is 4.20. The molecule has 0 bridgehead atoms. The predicted molar refractivity (Wildman–Crippen MR) is 74.1 cm³/mol. The van der Waals surface area contributed by atoms with Crippen LogP contribution in [-0.2, 0) is 13.6 Å². The van der Waals surface area contributed by atoms with Crippen molar-refractivity contribution >= 4 is 10.9 Å². The molecule has 2 rings (SSSR count). The number of hydrogen-bond donors (Lipinski definition) is 0. The maximum absolute atomic E-state index is 8.54. The standard InChI is InChI=1S/C15H19N3/c1-17(10-6-5-9-16)11-13-12-18(2)15-8-4-3-7-14(13)15/h3-4,7-8,12H,5-6,10-11H2,1-2H3. The number of rotatable bonds is 5. The van der Waals surface area contributed by atoms with Gasteiger partial charge >= 0.3 is 0 Å². The molecule has 0 radical (unpaired) electrons. The number of para-hydroxylation sites is 1. The molecule has 0 amide bonds. The van der Waals surface area contributed by atoms with Gasteiger partial charge in [0.25, 0.3) is 0 Å². The molecule has 0 saturated heterocycles.